The molecular weight excluding hydrogens is 398 g/mol. The van der Waals surface area contributed by atoms with Crippen LogP contribution < -0.4 is 4.90 Å². The third kappa shape index (κ3) is 4.86. The number of rotatable bonds is 8. The monoisotopic (exact) mass is 420 g/mol. The molecular formula is C22H22N5S2. The van der Waals surface area contributed by atoms with E-state index >= 15 is 0 Å². The highest BCUT2D eigenvalue weighted by atomic mass is 32.1. The van der Waals surface area contributed by atoms with Crippen LogP contribution in [-0.4, -0.2) is 26.5 Å². The molecule has 3 heterocycles. The Morgan fingerprint density at radius 1 is 1.10 bits per heavy atom. The van der Waals surface area contributed by atoms with Crippen LogP contribution in [-0.2, 0) is 19.4 Å². The molecule has 7 heteroatoms. The highest BCUT2D eigenvalue weighted by Gasteiger charge is 2.16. The fourth-order valence-corrected chi connectivity index (χ4v) is 4.58. The van der Waals surface area contributed by atoms with Crippen molar-refractivity contribution in [2.75, 3.05) is 11.4 Å². The van der Waals surface area contributed by atoms with Gasteiger partial charge in [0, 0.05) is 41.2 Å². The van der Waals surface area contributed by atoms with Gasteiger partial charge in [0.1, 0.15) is 5.01 Å². The Balaban J connectivity index is 1.58. The molecule has 0 aliphatic rings. The lowest BCUT2D eigenvalue weighted by atomic mass is 10.2. The number of aryl methyl sites for hydroxylation is 2. The Labute approximate surface area is 179 Å². The summed E-state index contributed by atoms with van der Waals surface area (Å²) in [6.07, 6.45) is 5.60. The van der Waals surface area contributed by atoms with Crippen LogP contribution >= 0.6 is 22.7 Å². The molecule has 4 rings (SSSR count). The first-order valence-corrected chi connectivity index (χ1v) is 11.3. The van der Waals surface area contributed by atoms with Crippen LogP contribution in [0.4, 0.5) is 5.95 Å². The molecule has 147 valence electrons. The number of hydrogen-bond acceptors (Lipinski definition) is 7. The summed E-state index contributed by atoms with van der Waals surface area (Å²) < 4.78 is 0. The van der Waals surface area contributed by atoms with Gasteiger partial charge in [-0.3, -0.25) is 0 Å². The first-order chi connectivity index (χ1) is 14.2. The van der Waals surface area contributed by atoms with Gasteiger partial charge >= 0.3 is 0 Å². The van der Waals surface area contributed by atoms with Crippen molar-refractivity contribution in [2.24, 2.45) is 0 Å². The molecule has 0 spiro atoms. The Morgan fingerprint density at radius 3 is 2.59 bits per heavy atom. The average Bonchev–Trinajstić information content (AvgIpc) is 3.42. The lowest BCUT2D eigenvalue weighted by Crippen LogP contribution is -2.27. The minimum absolute atomic E-state index is 0.732. The Morgan fingerprint density at radius 2 is 1.90 bits per heavy atom. The fourth-order valence-electron chi connectivity index (χ4n) is 2.97. The van der Waals surface area contributed by atoms with Crippen LogP contribution in [0, 0.1) is 12.4 Å². The number of benzene rings is 1. The number of aromatic nitrogens is 4. The predicted octanol–water partition coefficient (Wildman–Crippen LogP) is 4.98. The van der Waals surface area contributed by atoms with E-state index in [4.69, 9.17) is 4.98 Å². The van der Waals surface area contributed by atoms with Gasteiger partial charge < -0.3 is 4.90 Å². The molecule has 0 fully saturated rings. The van der Waals surface area contributed by atoms with Gasteiger partial charge in [-0.1, -0.05) is 37.3 Å². The molecule has 0 unspecified atom stereocenters. The average molecular weight is 421 g/mol. The second-order valence-corrected chi connectivity index (χ2v) is 8.48. The van der Waals surface area contributed by atoms with Crippen molar-refractivity contribution < 1.29 is 0 Å². The number of anilines is 1. The van der Waals surface area contributed by atoms with Gasteiger partial charge in [0.05, 0.1) is 17.9 Å². The van der Waals surface area contributed by atoms with Gasteiger partial charge in [-0.2, -0.15) is 0 Å². The summed E-state index contributed by atoms with van der Waals surface area (Å²) in [4.78, 5) is 21.8. The van der Waals surface area contributed by atoms with Gasteiger partial charge in [0.25, 0.3) is 0 Å². The van der Waals surface area contributed by atoms with Crippen LogP contribution in [0.5, 0.6) is 0 Å². The summed E-state index contributed by atoms with van der Waals surface area (Å²) >= 11 is 3.24. The summed E-state index contributed by atoms with van der Waals surface area (Å²) in [5, 5.41) is 3.10. The van der Waals surface area contributed by atoms with E-state index < -0.39 is 0 Å². The second kappa shape index (κ2) is 9.24. The maximum atomic E-state index is 4.80. The molecule has 0 bridgehead atoms. The van der Waals surface area contributed by atoms with Crippen LogP contribution in [0.1, 0.15) is 28.8 Å². The molecule has 0 atom stereocenters. The maximum absolute atomic E-state index is 4.80. The van der Waals surface area contributed by atoms with Crippen molar-refractivity contribution in [2.45, 2.75) is 33.2 Å². The predicted molar refractivity (Wildman–Crippen MR) is 119 cm³/mol. The third-order valence-electron chi connectivity index (χ3n) is 4.71. The summed E-state index contributed by atoms with van der Waals surface area (Å²) in [6.45, 7) is 5.71. The van der Waals surface area contributed by atoms with Crippen molar-refractivity contribution in [1.82, 2.24) is 19.9 Å². The Hall–Kier alpha value is -2.64. The molecule has 5 nitrogen and oxygen atoms in total. The van der Waals surface area contributed by atoms with Gasteiger partial charge in [0.15, 0.2) is 5.51 Å². The van der Waals surface area contributed by atoms with Crippen molar-refractivity contribution >= 4 is 28.6 Å². The van der Waals surface area contributed by atoms with Crippen molar-refractivity contribution in [3.8, 4) is 10.6 Å². The molecule has 1 radical (unpaired) electrons. The number of thiazole rings is 2. The molecule has 4 aromatic rings. The van der Waals surface area contributed by atoms with Gasteiger partial charge in [0.2, 0.25) is 5.95 Å². The quantitative estimate of drug-likeness (QED) is 0.402. The maximum Gasteiger partial charge on any atom is 0.225 e. The van der Waals surface area contributed by atoms with Crippen molar-refractivity contribution in [1.29, 1.82) is 0 Å². The standard InChI is InChI=1S/C22H22N5S2/c1-3-17-11-23-22(24-12-17)27(10-9-19-14-28-15-25-19)13-20-16(2)26-21(29-20)18-7-5-4-6-8-18/h4-8,11-12,14H,3,9-10,13H2,1-2H3. The van der Waals surface area contributed by atoms with Crippen molar-refractivity contribution in [3.05, 3.63) is 75.4 Å². The smallest absolute Gasteiger partial charge is 0.225 e. The number of nitrogens with zero attached hydrogens (tertiary/aromatic N) is 5. The SMILES string of the molecule is CCc1cnc(N(CCc2cs[c]n2)Cc2sc(-c3ccccc3)nc2C)nc1. The van der Waals surface area contributed by atoms with E-state index in [0.29, 0.717) is 0 Å². The summed E-state index contributed by atoms with van der Waals surface area (Å²) in [6, 6.07) is 10.3. The second-order valence-electron chi connectivity index (χ2n) is 6.74. The van der Waals surface area contributed by atoms with Crippen LogP contribution in [0.2, 0.25) is 0 Å². The highest BCUT2D eigenvalue weighted by molar-refractivity contribution is 7.15. The lowest BCUT2D eigenvalue weighted by Gasteiger charge is -2.22. The van der Waals surface area contributed by atoms with Gasteiger partial charge in [-0.05, 0) is 18.9 Å². The molecule has 0 aliphatic carbocycles. The fraction of sp³-hybridized carbons (Fsp3) is 0.273. The van der Waals surface area contributed by atoms with Crippen molar-refractivity contribution in [3.63, 3.8) is 0 Å². The first kappa shape index (κ1) is 19.7. The largest absolute Gasteiger partial charge is 0.335 e. The molecule has 1 aromatic carbocycles. The van der Waals surface area contributed by atoms with Crippen LogP contribution in [0.3, 0.4) is 0 Å². The molecule has 0 N–H and O–H groups in total. The van der Waals surface area contributed by atoms with E-state index in [1.165, 1.54) is 16.2 Å². The van der Waals surface area contributed by atoms with E-state index in [1.54, 1.807) is 11.3 Å². The molecule has 0 saturated heterocycles. The number of hydrogen-bond donors (Lipinski definition) is 0. The highest BCUT2D eigenvalue weighted by Crippen LogP contribution is 2.29. The summed E-state index contributed by atoms with van der Waals surface area (Å²) in [5.74, 6) is 0.746. The molecule has 3 aromatic heterocycles. The van der Waals surface area contributed by atoms with Gasteiger partial charge in [-0.25, -0.2) is 19.9 Å². The van der Waals surface area contributed by atoms with E-state index in [9.17, 15) is 0 Å². The van der Waals surface area contributed by atoms with E-state index in [0.717, 1.165) is 59.4 Å². The molecule has 0 saturated carbocycles. The zero-order chi connectivity index (χ0) is 20.1. The summed E-state index contributed by atoms with van der Waals surface area (Å²) in [7, 11) is 0. The van der Waals surface area contributed by atoms with E-state index in [1.807, 2.05) is 36.0 Å². The topological polar surface area (TPSA) is 54.8 Å². The summed E-state index contributed by atoms with van der Waals surface area (Å²) in [5.41, 5.74) is 7.33. The Kier molecular flexibility index (Phi) is 6.27. The Bertz CT molecular complexity index is 1030. The van der Waals surface area contributed by atoms with E-state index in [-0.39, 0.29) is 0 Å². The molecule has 0 amide bonds. The van der Waals surface area contributed by atoms with Crippen LogP contribution in [0.15, 0.2) is 48.1 Å². The van der Waals surface area contributed by atoms with Gasteiger partial charge in [-0.15, -0.1) is 22.7 Å². The molecule has 0 aliphatic heterocycles. The van der Waals surface area contributed by atoms with Crippen LogP contribution in [0.25, 0.3) is 10.6 Å². The first-order valence-electron chi connectivity index (χ1n) is 9.61. The van der Waals surface area contributed by atoms with E-state index in [2.05, 4.69) is 51.3 Å². The third-order valence-corrected chi connectivity index (χ3v) is 6.48. The normalized spacial score (nSPS) is 11.0. The minimum atomic E-state index is 0.732. The minimum Gasteiger partial charge on any atom is -0.335 e. The molecule has 29 heavy (non-hydrogen) atoms. The zero-order valence-corrected chi connectivity index (χ0v) is 18.1. The lowest BCUT2D eigenvalue weighted by molar-refractivity contribution is 0.745. The zero-order valence-electron chi connectivity index (χ0n) is 16.5.